The molecule has 0 heterocycles. The quantitative estimate of drug-likeness (QED) is 0.603. The van der Waals surface area contributed by atoms with Crippen molar-refractivity contribution in [1.82, 2.24) is 5.09 Å². The Morgan fingerprint density at radius 1 is 1.22 bits per heavy atom. The van der Waals surface area contributed by atoms with Gasteiger partial charge in [-0.3, -0.25) is 4.57 Å². The Bertz CT molecular complexity index is 91.1. The molecule has 1 fully saturated rings. The van der Waals surface area contributed by atoms with Crippen molar-refractivity contribution < 1.29 is 4.57 Å². The van der Waals surface area contributed by atoms with Crippen molar-refractivity contribution in [1.29, 1.82) is 0 Å². The van der Waals surface area contributed by atoms with Gasteiger partial charge >= 0.3 is 0 Å². The number of hydrogen-bond acceptors (Lipinski definition) is 1. The predicted octanol–water partition coefficient (Wildman–Crippen LogP) is 2.12. The van der Waals surface area contributed by atoms with E-state index >= 15 is 0 Å². The van der Waals surface area contributed by atoms with Crippen LogP contribution in [0.5, 0.6) is 0 Å². The summed E-state index contributed by atoms with van der Waals surface area (Å²) < 4.78 is 10.1. The van der Waals surface area contributed by atoms with Crippen LogP contribution in [0.15, 0.2) is 0 Å². The molecule has 0 atom stereocenters. The van der Waals surface area contributed by atoms with E-state index in [2.05, 4.69) is 5.09 Å². The maximum atomic E-state index is 10.1. The molecule has 1 aliphatic carbocycles. The lowest BCUT2D eigenvalue weighted by atomic mass is 9.96. The molecule has 1 rings (SSSR count). The van der Waals surface area contributed by atoms with Crippen molar-refractivity contribution in [3.63, 3.8) is 0 Å². The normalized spacial score (nSPS) is 22.7. The van der Waals surface area contributed by atoms with Crippen molar-refractivity contribution in [2.24, 2.45) is 0 Å². The summed E-state index contributed by atoms with van der Waals surface area (Å²) in [6, 6.07) is 0.526. The zero-order chi connectivity index (χ0) is 6.53. The molecule has 0 saturated heterocycles. The molecule has 0 radical (unpaired) electrons. The Hall–Kier alpha value is 0.0600. The van der Waals surface area contributed by atoms with Crippen LogP contribution in [0.4, 0.5) is 0 Å². The van der Waals surface area contributed by atoms with Crippen molar-refractivity contribution in [3.8, 4) is 0 Å². The monoisotopic (exact) mass is 145 g/mol. The summed E-state index contributed by atoms with van der Waals surface area (Å²) in [5.41, 5.74) is 0. The first-order chi connectivity index (χ1) is 4.43. The van der Waals surface area contributed by atoms with Crippen molar-refractivity contribution in [2.75, 3.05) is 0 Å². The van der Waals surface area contributed by atoms with Gasteiger partial charge in [-0.05, 0) is 12.8 Å². The maximum absolute atomic E-state index is 10.1. The van der Waals surface area contributed by atoms with Crippen LogP contribution in [0.25, 0.3) is 0 Å². The minimum Gasteiger partial charge on any atom is -0.256 e. The first-order valence-corrected chi connectivity index (χ1v) is 4.32. The van der Waals surface area contributed by atoms with E-state index in [1.165, 1.54) is 32.1 Å². The summed E-state index contributed by atoms with van der Waals surface area (Å²) in [4.78, 5) is 0. The third-order valence-corrected chi connectivity index (χ3v) is 2.31. The second-order valence-electron chi connectivity index (χ2n) is 2.56. The molecule has 2 nitrogen and oxygen atoms in total. The summed E-state index contributed by atoms with van der Waals surface area (Å²) in [5.74, 6) is 0. The number of rotatable bonds is 2. The summed E-state index contributed by atoms with van der Waals surface area (Å²) in [6.07, 6.45) is 6.36. The molecule has 1 N–H and O–H groups in total. The summed E-state index contributed by atoms with van der Waals surface area (Å²) >= 11 is 0. The second kappa shape index (κ2) is 3.97. The highest BCUT2D eigenvalue weighted by Crippen LogP contribution is 2.18. The molecule has 0 aromatic rings. The molecular formula is C6H12NOP. The van der Waals surface area contributed by atoms with E-state index in [4.69, 9.17) is 0 Å². The van der Waals surface area contributed by atoms with E-state index in [-0.39, 0.29) is 8.61 Å². The lowest BCUT2D eigenvalue weighted by Gasteiger charge is -2.18. The topological polar surface area (TPSA) is 29.1 Å². The molecule has 1 saturated carbocycles. The Kier molecular flexibility index (Phi) is 3.16. The summed E-state index contributed by atoms with van der Waals surface area (Å²) in [6.45, 7) is 0. The van der Waals surface area contributed by atoms with Crippen LogP contribution in [0.2, 0.25) is 0 Å². The lowest BCUT2D eigenvalue weighted by Crippen LogP contribution is -2.23. The van der Waals surface area contributed by atoms with Crippen LogP contribution >= 0.6 is 8.61 Å². The van der Waals surface area contributed by atoms with Crippen LogP contribution in [0, 0.1) is 0 Å². The van der Waals surface area contributed by atoms with Gasteiger partial charge in [0.2, 0.25) is 8.61 Å². The molecule has 0 unspecified atom stereocenters. The van der Waals surface area contributed by atoms with Crippen molar-refractivity contribution in [3.05, 3.63) is 0 Å². The minimum atomic E-state index is 0.0984. The van der Waals surface area contributed by atoms with E-state index < -0.39 is 0 Å². The van der Waals surface area contributed by atoms with E-state index in [0.717, 1.165) is 0 Å². The first kappa shape index (κ1) is 7.17. The fourth-order valence-electron chi connectivity index (χ4n) is 1.31. The largest absolute Gasteiger partial charge is 0.256 e. The highest BCUT2D eigenvalue weighted by atomic mass is 31.1. The molecule has 1 aliphatic rings. The van der Waals surface area contributed by atoms with E-state index in [9.17, 15) is 4.57 Å². The molecule has 0 spiro atoms. The van der Waals surface area contributed by atoms with Crippen LogP contribution < -0.4 is 5.09 Å². The third kappa shape index (κ3) is 2.42. The average molecular weight is 145 g/mol. The fraction of sp³-hybridized carbons (Fsp3) is 1.00. The van der Waals surface area contributed by atoms with Crippen LogP contribution in [-0.2, 0) is 4.57 Å². The maximum Gasteiger partial charge on any atom is 0.246 e. The van der Waals surface area contributed by atoms with Gasteiger partial charge in [-0.25, -0.2) is 5.09 Å². The average Bonchev–Trinajstić information content (AvgIpc) is 1.91. The standard InChI is InChI=1S/C6H12NOP/c8-9-7-6-4-2-1-3-5-6/h6H,1-5H2,(H,7,8). The minimum absolute atomic E-state index is 0.0984. The van der Waals surface area contributed by atoms with Crippen LogP contribution in [0.1, 0.15) is 32.1 Å². The Morgan fingerprint density at radius 3 is 2.44 bits per heavy atom. The van der Waals surface area contributed by atoms with Crippen LogP contribution in [-0.4, -0.2) is 6.04 Å². The smallest absolute Gasteiger partial charge is 0.246 e. The highest BCUT2D eigenvalue weighted by molar-refractivity contribution is 7.21. The molecular weight excluding hydrogens is 133 g/mol. The Labute approximate surface area is 57.3 Å². The zero-order valence-electron chi connectivity index (χ0n) is 5.47. The zero-order valence-corrected chi connectivity index (χ0v) is 6.36. The Morgan fingerprint density at radius 2 is 1.89 bits per heavy atom. The van der Waals surface area contributed by atoms with Gasteiger partial charge in [0.15, 0.2) is 0 Å². The fourth-order valence-corrected chi connectivity index (χ4v) is 1.71. The van der Waals surface area contributed by atoms with Gasteiger partial charge in [-0.1, -0.05) is 19.3 Å². The summed E-state index contributed by atoms with van der Waals surface area (Å²) in [7, 11) is 0.0984. The molecule has 0 bridgehead atoms. The lowest BCUT2D eigenvalue weighted by molar-refractivity contribution is 0.417. The molecule has 0 amide bonds. The Balaban J connectivity index is 2.15. The van der Waals surface area contributed by atoms with Gasteiger partial charge in [0.25, 0.3) is 0 Å². The van der Waals surface area contributed by atoms with Gasteiger partial charge in [-0.15, -0.1) is 0 Å². The van der Waals surface area contributed by atoms with Crippen molar-refractivity contribution in [2.45, 2.75) is 38.1 Å². The number of nitrogens with one attached hydrogen (secondary N) is 1. The molecule has 9 heavy (non-hydrogen) atoms. The molecule has 52 valence electrons. The molecule has 0 aromatic carbocycles. The van der Waals surface area contributed by atoms with Gasteiger partial charge < -0.3 is 0 Å². The first-order valence-electron chi connectivity index (χ1n) is 3.51. The van der Waals surface area contributed by atoms with E-state index in [1.807, 2.05) is 0 Å². The third-order valence-electron chi connectivity index (χ3n) is 1.84. The van der Waals surface area contributed by atoms with Gasteiger partial charge in [-0.2, -0.15) is 0 Å². The van der Waals surface area contributed by atoms with Crippen LogP contribution in [0.3, 0.4) is 0 Å². The second-order valence-corrected chi connectivity index (χ2v) is 3.00. The predicted molar refractivity (Wildman–Crippen MR) is 37.6 cm³/mol. The molecule has 0 aromatic heterocycles. The van der Waals surface area contributed by atoms with Gasteiger partial charge in [0.1, 0.15) is 0 Å². The van der Waals surface area contributed by atoms with Gasteiger partial charge in [0, 0.05) is 6.04 Å². The summed E-state index contributed by atoms with van der Waals surface area (Å²) in [5, 5.41) is 2.90. The van der Waals surface area contributed by atoms with E-state index in [0.29, 0.717) is 6.04 Å². The SMILES string of the molecule is O=PNC1CCCCC1. The molecule has 0 aliphatic heterocycles. The highest BCUT2D eigenvalue weighted by Gasteiger charge is 2.11. The van der Waals surface area contributed by atoms with Gasteiger partial charge in [0.05, 0.1) is 0 Å². The van der Waals surface area contributed by atoms with Crippen molar-refractivity contribution >= 4 is 8.61 Å². The number of hydrogen-bond donors (Lipinski definition) is 1. The van der Waals surface area contributed by atoms with E-state index in [1.54, 1.807) is 0 Å². The molecule has 3 heteroatoms.